The molecule has 28 heavy (non-hydrogen) atoms. The molecule has 0 unspecified atom stereocenters. The molecular formula is C16H11F6NO5. The zero-order chi connectivity index (χ0) is 21.8. The predicted octanol–water partition coefficient (Wildman–Crippen LogP) is 3.52. The molecule has 1 heterocycles. The van der Waals surface area contributed by atoms with E-state index in [1.165, 1.54) is 0 Å². The SMILES string of the molecule is CC1(C)C(=O)N(c2cc(C(F)(F)F)cc(C(F)(F)F)c2)C(C(=O)O)=C1C(=O)O. The van der Waals surface area contributed by atoms with Gasteiger partial charge in [-0.1, -0.05) is 0 Å². The van der Waals surface area contributed by atoms with Gasteiger partial charge in [-0.3, -0.25) is 9.69 Å². The van der Waals surface area contributed by atoms with Crippen LogP contribution in [0.25, 0.3) is 0 Å². The van der Waals surface area contributed by atoms with E-state index in [1.807, 2.05) is 0 Å². The molecule has 2 rings (SSSR count). The number of anilines is 1. The summed E-state index contributed by atoms with van der Waals surface area (Å²) in [5.74, 6) is -5.14. The predicted molar refractivity (Wildman–Crippen MR) is 80.0 cm³/mol. The first-order chi connectivity index (χ1) is 12.5. The Labute approximate surface area is 152 Å². The summed E-state index contributed by atoms with van der Waals surface area (Å²) in [6.07, 6.45) is -10.5. The lowest BCUT2D eigenvalue weighted by Crippen LogP contribution is -2.35. The molecule has 0 spiro atoms. The standard InChI is InChI=1S/C16H11F6NO5/c1-14(2)9(11(24)25)10(12(26)27)23(13(14)28)8-4-6(15(17,18)19)3-7(5-8)16(20,21)22/h3-5H,1-2H3,(H,24,25)(H,26,27). The van der Waals surface area contributed by atoms with E-state index in [2.05, 4.69) is 0 Å². The van der Waals surface area contributed by atoms with E-state index in [0.717, 1.165) is 13.8 Å². The number of nitrogens with zero attached hydrogens (tertiary/aromatic N) is 1. The van der Waals surface area contributed by atoms with E-state index >= 15 is 0 Å². The summed E-state index contributed by atoms with van der Waals surface area (Å²) in [7, 11) is 0. The first-order valence-corrected chi connectivity index (χ1v) is 7.35. The van der Waals surface area contributed by atoms with Crippen molar-refractivity contribution in [3.63, 3.8) is 0 Å². The number of rotatable bonds is 3. The summed E-state index contributed by atoms with van der Waals surface area (Å²) in [6, 6.07) is 0.103. The number of carboxylic acid groups (broad SMARTS) is 2. The average Bonchev–Trinajstić information content (AvgIpc) is 2.72. The van der Waals surface area contributed by atoms with Crippen LogP contribution < -0.4 is 4.90 Å². The molecule has 0 saturated carbocycles. The third-order valence-corrected chi connectivity index (χ3v) is 4.07. The first-order valence-electron chi connectivity index (χ1n) is 7.35. The van der Waals surface area contributed by atoms with Crippen LogP contribution in [0, 0.1) is 5.41 Å². The fourth-order valence-electron chi connectivity index (χ4n) is 2.78. The Morgan fingerprint density at radius 1 is 0.893 bits per heavy atom. The van der Waals surface area contributed by atoms with Gasteiger partial charge < -0.3 is 10.2 Å². The number of hydrogen-bond donors (Lipinski definition) is 2. The molecule has 0 bridgehead atoms. The van der Waals surface area contributed by atoms with Crippen molar-refractivity contribution >= 4 is 23.5 Å². The van der Waals surface area contributed by atoms with Crippen LogP contribution in [0.3, 0.4) is 0 Å². The Morgan fingerprint density at radius 2 is 1.32 bits per heavy atom. The van der Waals surface area contributed by atoms with Gasteiger partial charge in [-0.25, -0.2) is 9.59 Å². The molecule has 0 saturated heterocycles. The topological polar surface area (TPSA) is 94.9 Å². The zero-order valence-electron chi connectivity index (χ0n) is 14.1. The molecule has 1 aromatic carbocycles. The maximum absolute atomic E-state index is 13.0. The van der Waals surface area contributed by atoms with Gasteiger partial charge in [0.15, 0.2) is 0 Å². The fraction of sp³-hybridized carbons (Fsp3) is 0.312. The molecule has 1 aromatic rings. The van der Waals surface area contributed by atoms with Crippen LogP contribution in [0.4, 0.5) is 32.0 Å². The summed E-state index contributed by atoms with van der Waals surface area (Å²) in [4.78, 5) is 35.6. The summed E-state index contributed by atoms with van der Waals surface area (Å²) >= 11 is 0. The quantitative estimate of drug-likeness (QED) is 0.743. The highest BCUT2D eigenvalue weighted by Gasteiger charge is 2.52. The molecule has 152 valence electrons. The lowest BCUT2D eigenvalue weighted by Gasteiger charge is -2.24. The monoisotopic (exact) mass is 411 g/mol. The maximum Gasteiger partial charge on any atom is 0.416 e. The van der Waals surface area contributed by atoms with Gasteiger partial charge in [-0.15, -0.1) is 0 Å². The number of alkyl halides is 6. The highest BCUT2D eigenvalue weighted by molar-refractivity contribution is 6.20. The van der Waals surface area contributed by atoms with Crippen molar-refractivity contribution in [1.29, 1.82) is 0 Å². The number of aliphatic carboxylic acids is 2. The molecule has 1 aliphatic rings. The van der Waals surface area contributed by atoms with E-state index < -0.39 is 63.7 Å². The van der Waals surface area contributed by atoms with Gasteiger partial charge in [0.05, 0.1) is 27.8 Å². The van der Waals surface area contributed by atoms with Crippen molar-refractivity contribution in [2.75, 3.05) is 4.90 Å². The fourth-order valence-corrected chi connectivity index (χ4v) is 2.78. The summed E-state index contributed by atoms with van der Waals surface area (Å²) in [5.41, 5.74) is -8.82. The number of hydrogen-bond acceptors (Lipinski definition) is 3. The second kappa shape index (κ2) is 6.24. The van der Waals surface area contributed by atoms with Crippen molar-refractivity contribution in [3.05, 3.63) is 40.6 Å². The highest BCUT2D eigenvalue weighted by atomic mass is 19.4. The lowest BCUT2D eigenvalue weighted by molar-refractivity contribution is -0.143. The number of benzene rings is 1. The smallest absolute Gasteiger partial charge is 0.416 e. The molecule has 2 N–H and O–H groups in total. The van der Waals surface area contributed by atoms with Gasteiger partial charge in [0.25, 0.3) is 0 Å². The zero-order valence-corrected chi connectivity index (χ0v) is 14.1. The van der Waals surface area contributed by atoms with E-state index in [9.17, 15) is 50.9 Å². The van der Waals surface area contributed by atoms with Crippen molar-refractivity contribution < 1.29 is 50.9 Å². The Hall–Kier alpha value is -3.05. The third kappa shape index (κ3) is 3.41. The summed E-state index contributed by atoms with van der Waals surface area (Å²) in [6.45, 7) is 2.00. The number of carboxylic acids is 2. The summed E-state index contributed by atoms with van der Waals surface area (Å²) in [5, 5.41) is 18.6. The van der Waals surface area contributed by atoms with Crippen LogP contribution in [-0.4, -0.2) is 28.1 Å². The minimum atomic E-state index is -5.24. The minimum absolute atomic E-state index is 0.0519. The van der Waals surface area contributed by atoms with Gasteiger partial charge >= 0.3 is 24.3 Å². The first kappa shape index (κ1) is 21.3. The van der Waals surface area contributed by atoms with E-state index in [-0.39, 0.29) is 23.1 Å². The third-order valence-electron chi connectivity index (χ3n) is 4.07. The number of carbonyl (C=O) groups excluding carboxylic acids is 1. The van der Waals surface area contributed by atoms with Gasteiger partial charge in [0.2, 0.25) is 5.91 Å². The second-order valence-electron chi connectivity index (χ2n) is 6.36. The molecule has 1 amide bonds. The van der Waals surface area contributed by atoms with Crippen LogP contribution in [0.2, 0.25) is 0 Å². The van der Waals surface area contributed by atoms with Crippen LogP contribution in [0.1, 0.15) is 25.0 Å². The molecule has 0 aromatic heterocycles. The Morgan fingerprint density at radius 3 is 1.64 bits per heavy atom. The Bertz CT molecular complexity index is 881. The van der Waals surface area contributed by atoms with Crippen molar-refractivity contribution in [3.8, 4) is 0 Å². The van der Waals surface area contributed by atoms with Gasteiger partial charge in [0.1, 0.15) is 5.70 Å². The van der Waals surface area contributed by atoms with Gasteiger partial charge in [-0.2, -0.15) is 26.3 Å². The van der Waals surface area contributed by atoms with Gasteiger partial charge in [0, 0.05) is 0 Å². The average molecular weight is 411 g/mol. The number of carbonyl (C=O) groups is 3. The molecule has 0 fully saturated rings. The number of amides is 1. The van der Waals surface area contributed by atoms with Crippen LogP contribution >= 0.6 is 0 Å². The Kier molecular flexibility index (Phi) is 4.74. The molecule has 1 aliphatic heterocycles. The molecule has 0 atom stereocenters. The van der Waals surface area contributed by atoms with Crippen LogP contribution in [-0.2, 0) is 26.7 Å². The largest absolute Gasteiger partial charge is 0.478 e. The van der Waals surface area contributed by atoms with Crippen LogP contribution in [0.15, 0.2) is 29.5 Å². The van der Waals surface area contributed by atoms with Crippen LogP contribution in [0.5, 0.6) is 0 Å². The maximum atomic E-state index is 13.0. The number of halogens is 6. The van der Waals surface area contributed by atoms with Crippen molar-refractivity contribution in [2.45, 2.75) is 26.2 Å². The normalized spacial score (nSPS) is 17.3. The molecule has 12 heteroatoms. The van der Waals surface area contributed by atoms with E-state index in [1.54, 1.807) is 0 Å². The molecule has 0 aliphatic carbocycles. The molecule has 6 nitrogen and oxygen atoms in total. The highest BCUT2D eigenvalue weighted by Crippen LogP contribution is 2.45. The minimum Gasteiger partial charge on any atom is -0.478 e. The Balaban J connectivity index is 2.87. The van der Waals surface area contributed by atoms with E-state index in [0.29, 0.717) is 0 Å². The molecular weight excluding hydrogens is 400 g/mol. The summed E-state index contributed by atoms with van der Waals surface area (Å²) < 4.78 is 78.2. The van der Waals surface area contributed by atoms with E-state index in [4.69, 9.17) is 0 Å². The molecule has 0 radical (unpaired) electrons. The van der Waals surface area contributed by atoms with Crippen molar-refractivity contribution in [2.24, 2.45) is 5.41 Å². The van der Waals surface area contributed by atoms with Gasteiger partial charge in [-0.05, 0) is 32.0 Å². The second-order valence-corrected chi connectivity index (χ2v) is 6.36. The lowest BCUT2D eigenvalue weighted by atomic mass is 9.85. The van der Waals surface area contributed by atoms with Crippen molar-refractivity contribution in [1.82, 2.24) is 0 Å².